The zero-order valence-corrected chi connectivity index (χ0v) is 16.7. The van der Waals surface area contributed by atoms with E-state index in [4.69, 9.17) is 9.73 Å². The summed E-state index contributed by atoms with van der Waals surface area (Å²) in [6, 6.07) is 8.32. The molecule has 0 aliphatic carbocycles. The number of likely N-dealkylation sites (tertiary alicyclic amines) is 1. The van der Waals surface area contributed by atoms with Crippen LogP contribution in [0.15, 0.2) is 41.9 Å². The van der Waals surface area contributed by atoms with Crippen molar-refractivity contribution in [3.63, 3.8) is 0 Å². The Morgan fingerprint density at radius 2 is 2.18 bits per heavy atom. The van der Waals surface area contributed by atoms with E-state index in [0.29, 0.717) is 19.6 Å². The number of rotatable bonds is 6. The van der Waals surface area contributed by atoms with Crippen LogP contribution >= 0.6 is 0 Å². The number of benzene rings is 1. The molecular weight excluding hydrogens is 356 g/mol. The molecule has 1 aromatic carbocycles. The van der Waals surface area contributed by atoms with Gasteiger partial charge in [-0.3, -0.25) is 4.79 Å². The van der Waals surface area contributed by atoms with E-state index >= 15 is 0 Å². The first-order valence-electron chi connectivity index (χ1n) is 9.62. The SMILES string of the molecule is CCNC(=NCc1cccc(Cn2cncn2)c1)N1CC(C)C(C(=O)OC)C1. The van der Waals surface area contributed by atoms with Crippen molar-refractivity contribution in [1.82, 2.24) is 25.0 Å². The summed E-state index contributed by atoms with van der Waals surface area (Å²) in [6.07, 6.45) is 3.25. The molecule has 1 N–H and O–H groups in total. The number of aliphatic imine (C=N–C) groups is 1. The summed E-state index contributed by atoms with van der Waals surface area (Å²) in [5.74, 6) is 0.816. The van der Waals surface area contributed by atoms with Crippen molar-refractivity contribution in [2.24, 2.45) is 16.8 Å². The van der Waals surface area contributed by atoms with E-state index in [1.165, 1.54) is 13.4 Å². The lowest BCUT2D eigenvalue weighted by molar-refractivity contribution is -0.145. The lowest BCUT2D eigenvalue weighted by Crippen LogP contribution is -2.40. The summed E-state index contributed by atoms with van der Waals surface area (Å²) in [5, 5.41) is 7.50. The van der Waals surface area contributed by atoms with Crippen molar-refractivity contribution in [2.75, 3.05) is 26.7 Å². The Kier molecular flexibility index (Phi) is 6.62. The highest BCUT2D eigenvalue weighted by Crippen LogP contribution is 2.24. The first-order valence-corrected chi connectivity index (χ1v) is 9.62. The van der Waals surface area contributed by atoms with Gasteiger partial charge in [-0.1, -0.05) is 31.2 Å². The Balaban J connectivity index is 1.69. The fourth-order valence-electron chi connectivity index (χ4n) is 3.52. The summed E-state index contributed by atoms with van der Waals surface area (Å²) in [4.78, 5) is 22.9. The van der Waals surface area contributed by atoms with E-state index in [0.717, 1.165) is 30.2 Å². The number of carbonyl (C=O) groups is 1. The molecule has 1 aliphatic rings. The van der Waals surface area contributed by atoms with Crippen molar-refractivity contribution in [3.8, 4) is 0 Å². The van der Waals surface area contributed by atoms with Crippen LogP contribution in [0, 0.1) is 11.8 Å². The summed E-state index contributed by atoms with van der Waals surface area (Å²) < 4.78 is 6.74. The summed E-state index contributed by atoms with van der Waals surface area (Å²) in [7, 11) is 1.45. The predicted molar refractivity (Wildman–Crippen MR) is 107 cm³/mol. The van der Waals surface area contributed by atoms with Gasteiger partial charge < -0.3 is 15.0 Å². The first kappa shape index (κ1) is 19.9. The number of guanidine groups is 1. The molecule has 1 aromatic heterocycles. The standard InChI is InChI=1S/C20H28N6O2/c1-4-22-20(25-10-15(2)18(12-25)19(27)28-3)23-9-16-6-5-7-17(8-16)11-26-14-21-13-24-26/h5-8,13-15,18H,4,9-12H2,1-3H3,(H,22,23). The quantitative estimate of drug-likeness (QED) is 0.462. The number of hydrogen-bond donors (Lipinski definition) is 1. The van der Waals surface area contributed by atoms with Crippen molar-refractivity contribution < 1.29 is 9.53 Å². The third kappa shape index (κ3) is 4.88. The molecule has 2 atom stereocenters. The number of aromatic nitrogens is 3. The Bertz CT molecular complexity index is 805. The van der Waals surface area contributed by atoms with Gasteiger partial charge in [-0.2, -0.15) is 5.10 Å². The van der Waals surface area contributed by atoms with E-state index < -0.39 is 0 Å². The van der Waals surface area contributed by atoms with Crippen molar-refractivity contribution in [3.05, 3.63) is 48.0 Å². The third-order valence-corrected chi connectivity index (χ3v) is 4.96. The smallest absolute Gasteiger partial charge is 0.310 e. The number of nitrogens with one attached hydrogen (secondary N) is 1. The van der Waals surface area contributed by atoms with E-state index in [1.807, 2.05) is 13.0 Å². The molecule has 1 saturated heterocycles. The average Bonchev–Trinajstić information content (AvgIpc) is 3.34. The summed E-state index contributed by atoms with van der Waals surface area (Å²) >= 11 is 0. The highest BCUT2D eigenvalue weighted by Gasteiger charge is 2.36. The molecule has 1 aliphatic heterocycles. The van der Waals surface area contributed by atoms with Gasteiger partial charge in [-0.15, -0.1) is 0 Å². The Morgan fingerprint density at radius 1 is 1.36 bits per heavy atom. The van der Waals surface area contributed by atoms with E-state index in [-0.39, 0.29) is 17.8 Å². The van der Waals surface area contributed by atoms with Crippen molar-refractivity contribution in [2.45, 2.75) is 26.9 Å². The number of ether oxygens (including phenoxy) is 1. The average molecular weight is 384 g/mol. The van der Waals surface area contributed by atoms with Gasteiger partial charge in [0.25, 0.3) is 0 Å². The largest absolute Gasteiger partial charge is 0.469 e. The van der Waals surface area contributed by atoms with Crippen LogP contribution < -0.4 is 5.32 Å². The molecule has 8 nitrogen and oxygen atoms in total. The van der Waals surface area contributed by atoms with Crippen LogP contribution in [0.25, 0.3) is 0 Å². The molecule has 28 heavy (non-hydrogen) atoms. The van der Waals surface area contributed by atoms with Gasteiger partial charge in [-0.05, 0) is 24.0 Å². The molecule has 0 bridgehead atoms. The van der Waals surface area contributed by atoms with Crippen LogP contribution in [0.2, 0.25) is 0 Å². The minimum absolute atomic E-state index is 0.111. The maximum atomic E-state index is 12.0. The Morgan fingerprint density at radius 3 is 2.89 bits per heavy atom. The Labute approximate surface area is 165 Å². The van der Waals surface area contributed by atoms with Gasteiger partial charge in [-0.25, -0.2) is 14.7 Å². The number of methoxy groups -OCH3 is 1. The third-order valence-electron chi connectivity index (χ3n) is 4.96. The fraction of sp³-hybridized carbons (Fsp3) is 0.500. The molecule has 0 radical (unpaired) electrons. The zero-order chi connectivity index (χ0) is 19.9. The fourth-order valence-corrected chi connectivity index (χ4v) is 3.52. The van der Waals surface area contributed by atoms with Crippen LogP contribution in [-0.2, 0) is 22.6 Å². The molecule has 2 heterocycles. The van der Waals surface area contributed by atoms with E-state index in [9.17, 15) is 4.79 Å². The van der Waals surface area contributed by atoms with E-state index in [2.05, 4.69) is 45.4 Å². The van der Waals surface area contributed by atoms with Crippen molar-refractivity contribution in [1.29, 1.82) is 0 Å². The van der Waals surface area contributed by atoms with Crippen LogP contribution in [0.1, 0.15) is 25.0 Å². The van der Waals surface area contributed by atoms with Gasteiger partial charge in [0.2, 0.25) is 0 Å². The van der Waals surface area contributed by atoms with Gasteiger partial charge >= 0.3 is 5.97 Å². The molecule has 0 amide bonds. The second-order valence-corrected chi connectivity index (χ2v) is 7.10. The molecule has 1 fully saturated rings. The highest BCUT2D eigenvalue weighted by atomic mass is 16.5. The first-order chi connectivity index (χ1) is 13.6. The van der Waals surface area contributed by atoms with Gasteiger partial charge in [0, 0.05) is 19.6 Å². The lowest BCUT2D eigenvalue weighted by Gasteiger charge is -2.21. The minimum atomic E-state index is -0.147. The molecule has 8 heteroatoms. The molecular formula is C20H28N6O2. The molecule has 3 rings (SSSR count). The van der Waals surface area contributed by atoms with Crippen molar-refractivity contribution >= 4 is 11.9 Å². The van der Waals surface area contributed by atoms with Gasteiger partial charge in [0.1, 0.15) is 12.7 Å². The maximum Gasteiger partial charge on any atom is 0.310 e. The summed E-state index contributed by atoms with van der Waals surface area (Å²) in [6.45, 7) is 7.58. The summed E-state index contributed by atoms with van der Waals surface area (Å²) in [5.41, 5.74) is 2.29. The second-order valence-electron chi connectivity index (χ2n) is 7.10. The second kappa shape index (κ2) is 9.34. The monoisotopic (exact) mass is 384 g/mol. The minimum Gasteiger partial charge on any atom is -0.469 e. The van der Waals surface area contributed by atoms with Crippen LogP contribution in [0.4, 0.5) is 0 Å². The molecule has 0 spiro atoms. The normalized spacial score (nSPS) is 19.7. The highest BCUT2D eigenvalue weighted by molar-refractivity contribution is 5.82. The number of carbonyl (C=O) groups excluding carboxylic acids is 1. The van der Waals surface area contributed by atoms with Gasteiger partial charge in [0.15, 0.2) is 5.96 Å². The molecule has 2 unspecified atom stereocenters. The van der Waals surface area contributed by atoms with Crippen LogP contribution in [-0.4, -0.2) is 58.3 Å². The molecule has 150 valence electrons. The molecule has 0 saturated carbocycles. The number of esters is 1. The van der Waals surface area contributed by atoms with Gasteiger partial charge in [0.05, 0.1) is 26.1 Å². The molecule has 2 aromatic rings. The Hall–Kier alpha value is -2.90. The lowest BCUT2D eigenvalue weighted by atomic mass is 9.99. The van der Waals surface area contributed by atoms with Crippen LogP contribution in [0.5, 0.6) is 0 Å². The number of hydrogen-bond acceptors (Lipinski definition) is 5. The van der Waals surface area contributed by atoms with E-state index in [1.54, 1.807) is 11.0 Å². The topological polar surface area (TPSA) is 84.6 Å². The predicted octanol–water partition coefficient (Wildman–Crippen LogP) is 1.53. The maximum absolute atomic E-state index is 12.0. The van der Waals surface area contributed by atoms with Crippen LogP contribution in [0.3, 0.4) is 0 Å². The zero-order valence-electron chi connectivity index (χ0n) is 16.7. The number of nitrogens with zero attached hydrogens (tertiary/aromatic N) is 5.